The van der Waals surface area contributed by atoms with E-state index >= 15 is 0 Å². The van der Waals surface area contributed by atoms with E-state index in [9.17, 15) is 4.79 Å². The van der Waals surface area contributed by atoms with Crippen molar-refractivity contribution in [2.24, 2.45) is 0 Å². The van der Waals surface area contributed by atoms with Gasteiger partial charge in [-0.1, -0.05) is 36.4 Å². The highest BCUT2D eigenvalue weighted by molar-refractivity contribution is 5.68. The second kappa shape index (κ2) is 6.69. The Hall–Kier alpha value is -2.16. The van der Waals surface area contributed by atoms with Crippen molar-refractivity contribution >= 4 is 5.97 Å². The minimum Gasteiger partial charge on any atom is -0.481 e. The number of pyridine rings is 1. The van der Waals surface area contributed by atoms with Crippen LogP contribution in [0.2, 0.25) is 0 Å². The molecule has 0 fully saturated rings. The zero-order valence-electron chi connectivity index (χ0n) is 10.7. The van der Waals surface area contributed by atoms with E-state index in [0.717, 1.165) is 18.4 Å². The number of benzene rings is 1. The topological polar surface area (TPSA) is 50.2 Å². The van der Waals surface area contributed by atoms with Crippen LogP contribution in [-0.4, -0.2) is 16.1 Å². The molecule has 3 nitrogen and oxygen atoms in total. The van der Waals surface area contributed by atoms with Crippen molar-refractivity contribution in [3.05, 3.63) is 66.0 Å². The lowest BCUT2D eigenvalue weighted by Gasteiger charge is -2.14. The first-order valence-corrected chi connectivity index (χ1v) is 6.41. The molecule has 98 valence electrons. The van der Waals surface area contributed by atoms with Gasteiger partial charge in [0.25, 0.3) is 0 Å². The Morgan fingerprint density at radius 2 is 1.95 bits per heavy atom. The van der Waals surface area contributed by atoms with Crippen LogP contribution in [-0.2, 0) is 11.2 Å². The van der Waals surface area contributed by atoms with Gasteiger partial charge in [0.05, 0.1) is 6.42 Å². The second-order valence-corrected chi connectivity index (χ2v) is 4.61. The molecule has 0 radical (unpaired) electrons. The number of hydrogen-bond donors (Lipinski definition) is 1. The average molecular weight is 255 g/mol. The van der Waals surface area contributed by atoms with Gasteiger partial charge in [-0.05, 0) is 36.0 Å². The van der Waals surface area contributed by atoms with Crippen LogP contribution in [0.4, 0.5) is 0 Å². The van der Waals surface area contributed by atoms with E-state index < -0.39 is 5.97 Å². The zero-order valence-corrected chi connectivity index (χ0v) is 10.7. The number of carboxylic acids is 1. The number of rotatable bonds is 6. The maximum atomic E-state index is 11.0. The van der Waals surface area contributed by atoms with Crippen LogP contribution in [0, 0.1) is 0 Å². The minimum absolute atomic E-state index is 0.0198. The summed E-state index contributed by atoms with van der Waals surface area (Å²) < 4.78 is 0. The summed E-state index contributed by atoms with van der Waals surface area (Å²) >= 11 is 0. The van der Waals surface area contributed by atoms with E-state index in [-0.39, 0.29) is 12.3 Å². The summed E-state index contributed by atoms with van der Waals surface area (Å²) in [7, 11) is 0. The molecule has 0 saturated carbocycles. The predicted molar refractivity (Wildman–Crippen MR) is 74.0 cm³/mol. The fourth-order valence-corrected chi connectivity index (χ4v) is 2.20. The van der Waals surface area contributed by atoms with Crippen LogP contribution >= 0.6 is 0 Å². The van der Waals surface area contributed by atoms with Crippen LogP contribution in [0.15, 0.2) is 54.9 Å². The summed E-state index contributed by atoms with van der Waals surface area (Å²) in [5, 5.41) is 9.02. The van der Waals surface area contributed by atoms with E-state index in [2.05, 4.69) is 17.1 Å². The lowest BCUT2D eigenvalue weighted by molar-refractivity contribution is -0.137. The van der Waals surface area contributed by atoms with Crippen molar-refractivity contribution in [2.45, 2.75) is 25.2 Å². The van der Waals surface area contributed by atoms with Gasteiger partial charge in [0.15, 0.2) is 0 Å². The largest absolute Gasteiger partial charge is 0.481 e. The van der Waals surface area contributed by atoms with Gasteiger partial charge in [0, 0.05) is 12.4 Å². The summed E-state index contributed by atoms with van der Waals surface area (Å²) in [5.74, 6) is -0.742. The maximum Gasteiger partial charge on any atom is 0.303 e. The van der Waals surface area contributed by atoms with Gasteiger partial charge in [-0.25, -0.2) is 0 Å². The number of nitrogens with zero attached hydrogens (tertiary/aromatic N) is 1. The molecule has 1 aromatic carbocycles. The third-order valence-electron chi connectivity index (χ3n) is 3.20. The highest BCUT2D eigenvalue weighted by atomic mass is 16.4. The Balaban J connectivity index is 2.04. The molecule has 2 rings (SSSR count). The van der Waals surface area contributed by atoms with E-state index in [1.54, 1.807) is 12.4 Å². The summed E-state index contributed by atoms with van der Waals surface area (Å²) in [6.45, 7) is 0. The molecule has 3 heteroatoms. The summed E-state index contributed by atoms with van der Waals surface area (Å²) in [6.07, 6.45) is 5.32. The molecular weight excluding hydrogens is 238 g/mol. The van der Waals surface area contributed by atoms with Gasteiger partial charge in [0.2, 0.25) is 0 Å². The summed E-state index contributed by atoms with van der Waals surface area (Å²) in [5.41, 5.74) is 2.24. The fraction of sp³-hybridized carbons (Fsp3) is 0.250. The predicted octanol–water partition coefficient (Wildman–Crippen LogP) is 3.27. The first kappa shape index (κ1) is 13.3. The molecule has 0 bridgehead atoms. The molecular formula is C16H17NO2. The molecule has 1 heterocycles. The average Bonchev–Trinajstić information content (AvgIpc) is 2.45. The maximum absolute atomic E-state index is 11.0. The number of aliphatic carboxylic acids is 1. The van der Waals surface area contributed by atoms with E-state index in [0.29, 0.717) is 0 Å². The number of hydrogen-bond acceptors (Lipinski definition) is 2. The fourth-order valence-electron chi connectivity index (χ4n) is 2.20. The number of aryl methyl sites for hydroxylation is 1. The van der Waals surface area contributed by atoms with Gasteiger partial charge in [-0.15, -0.1) is 0 Å². The highest BCUT2D eigenvalue weighted by Gasteiger charge is 2.15. The third kappa shape index (κ3) is 4.21. The first-order valence-electron chi connectivity index (χ1n) is 6.41. The molecule has 1 atom stereocenters. The quantitative estimate of drug-likeness (QED) is 0.861. The Bertz CT molecular complexity index is 511. The van der Waals surface area contributed by atoms with Crippen molar-refractivity contribution < 1.29 is 9.90 Å². The third-order valence-corrected chi connectivity index (χ3v) is 3.20. The Labute approximate surface area is 112 Å². The molecule has 0 aliphatic heterocycles. The standard InChI is InChI=1S/C16H17NO2/c18-16(19)11-14(15-7-4-10-17-12-15)9-8-13-5-2-1-3-6-13/h1-7,10,12,14H,8-9,11H2,(H,18,19). The Morgan fingerprint density at radius 3 is 2.58 bits per heavy atom. The van der Waals surface area contributed by atoms with Crippen molar-refractivity contribution in [3.8, 4) is 0 Å². The Morgan fingerprint density at radius 1 is 1.16 bits per heavy atom. The van der Waals surface area contributed by atoms with Crippen LogP contribution in [0.1, 0.15) is 29.9 Å². The molecule has 0 aliphatic rings. The molecule has 0 amide bonds. The molecule has 0 aliphatic carbocycles. The Kier molecular flexibility index (Phi) is 4.67. The summed E-state index contributed by atoms with van der Waals surface area (Å²) in [6, 6.07) is 13.9. The zero-order chi connectivity index (χ0) is 13.5. The van der Waals surface area contributed by atoms with Gasteiger partial charge < -0.3 is 5.11 Å². The molecule has 0 saturated heterocycles. The van der Waals surface area contributed by atoms with Crippen molar-refractivity contribution in [1.82, 2.24) is 4.98 Å². The normalized spacial score (nSPS) is 12.0. The number of carboxylic acid groups (broad SMARTS) is 1. The number of carbonyl (C=O) groups is 1. The lowest BCUT2D eigenvalue weighted by Crippen LogP contribution is -2.08. The molecule has 1 aromatic heterocycles. The molecule has 2 aromatic rings. The first-order chi connectivity index (χ1) is 9.25. The van der Waals surface area contributed by atoms with Crippen LogP contribution in [0.25, 0.3) is 0 Å². The summed E-state index contributed by atoms with van der Waals surface area (Å²) in [4.78, 5) is 15.0. The van der Waals surface area contributed by atoms with E-state index in [4.69, 9.17) is 5.11 Å². The molecule has 1 N–H and O–H groups in total. The van der Waals surface area contributed by atoms with Gasteiger partial charge in [-0.3, -0.25) is 9.78 Å². The van der Waals surface area contributed by atoms with Crippen molar-refractivity contribution in [3.63, 3.8) is 0 Å². The van der Waals surface area contributed by atoms with Crippen LogP contribution in [0.3, 0.4) is 0 Å². The van der Waals surface area contributed by atoms with E-state index in [1.165, 1.54) is 5.56 Å². The second-order valence-electron chi connectivity index (χ2n) is 4.61. The van der Waals surface area contributed by atoms with Gasteiger partial charge in [-0.2, -0.15) is 0 Å². The number of aromatic nitrogens is 1. The highest BCUT2D eigenvalue weighted by Crippen LogP contribution is 2.24. The minimum atomic E-state index is -0.762. The lowest BCUT2D eigenvalue weighted by atomic mass is 9.91. The molecule has 1 unspecified atom stereocenters. The van der Waals surface area contributed by atoms with Gasteiger partial charge >= 0.3 is 5.97 Å². The molecule has 19 heavy (non-hydrogen) atoms. The monoisotopic (exact) mass is 255 g/mol. The van der Waals surface area contributed by atoms with Crippen LogP contribution in [0.5, 0.6) is 0 Å². The smallest absolute Gasteiger partial charge is 0.303 e. The SMILES string of the molecule is O=C(O)CC(CCc1ccccc1)c1cccnc1. The van der Waals surface area contributed by atoms with Crippen LogP contribution < -0.4 is 0 Å². The van der Waals surface area contributed by atoms with Crippen molar-refractivity contribution in [2.75, 3.05) is 0 Å². The van der Waals surface area contributed by atoms with E-state index in [1.807, 2.05) is 30.3 Å². The molecule has 0 spiro atoms. The van der Waals surface area contributed by atoms with Gasteiger partial charge in [0.1, 0.15) is 0 Å². The van der Waals surface area contributed by atoms with Crippen molar-refractivity contribution in [1.29, 1.82) is 0 Å².